The molecule has 1 saturated carbocycles. The Morgan fingerprint density at radius 3 is 3.00 bits per heavy atom. The second kappa shape index (κ2) is 4.70. The molecule has 0 aromatic carbocycles. The van der Waals surface area contributed by atoms with Crippen molar-refractivity contribution in [2.45, 2.75) is 32.1 Å². The van der Waals surface area contributed by atoms with Crippen LogP contribution in [-0.4, -0.2) is 15.2 Å². The normalized spacial score (nSPS) is 18.1. The Morgan fingerprint density at radius 1 is 1.24 bits per heavy atom. The largest absolute Gasteiger partial charge is 0.276 e. The fraction of sp³-hybridized carbons (Fsp3) is 0.429. The number of nitrogens with zero attached hydrogens (tertiary/aromatic N) is 2. The second-order valence-electron chi connectivity index (χ2n) is 4.77. The van der Waals surface area contributed by atoms with E-state index in [1.54, 1.807) is 6.20 Å². The highest BCUT2D eigenvalue weighted by atomic mass is 15.1. The lowest BCUT2D eigenvalue weighted by atomic mass is 9.89. The Balaban J connectivity index is 1.82. The quantitative estimate of drug-likeness (QED) is 0.852. The third kappa shape index (κ3) is 2.23. The molecule has 0 spiro atoms. The summed E-state index contributed by atoms with van der Waals surface area (Å²) in [5.74, 6) is 0.749. The average Bonchev–Trinajstić information content (AvgIpc) is 2.81. The van der Waals surface area contributed by atoms with Gasteiger partial charge in [0.05, 0.1) is 5.69 Å². The molecule has 1 aliphatic carbocycles. The monoisotopic (exact) mass is 227 g/mol. The highest BCUT2D eigenvalue weighted by Crippen LogP contribution is 2.25. The number of H-pyrrole nitrogens is 1. The van der Waals surface area contributed by atoms with E-state index < -0.39 is 0 Å². The van der Waals surface area contributed by atoms with Crippen LogP contribution in [0, 0.1) is 5.92 Å². The lowest BCUT2D eigenvalue weighted by molar-refractivity contribution is 0.420. The predicted molar refractivity (Wildman–Crippen MR) is 69.5 cm³/mol. The maximum Gasteiger partial charge on any atom is 0.181 e. The van der Waals surface area contributed by atoms with Gasteiger partial charge in [-0.3, -0.25) is 5.10 Å². The minimum absolute atomic E-state index is 0.749. The Hall–Kier alpha value is -1.64. The van der Waals surface area contributed by atoms with Gasteiger partial charge in [0.25, 0.3) is 0 Å². The van der Waals surface area contributed by atoms with E-state index in [-0.39, 0.29) is 0 Å². The van der Waals surface area contributed by atoms with E-state index in [2.05, 4.69) is 33.4 Å². The molecular weight excluding hydrogens is 210 g/mol. The average molecular weight is 227 g/mol. The summed E-state index contributed by atoms with van der Waals surface area (Å²) in [6, 6.07) is 4.02. The van der Waals surface area contributed by atoms with Crippen LogP contribution in [0.4, 0.5) is 0 Å². The molecule has 0 unspecified atom stereocenters. The number of allylic oxidation sites excluding steroid dienone is 1. The fourth-order valence-electron chi connectivity index (χ4n) is 2.56. The van der Waals surface area contributed by atoms with Crippen molar-refractivity contribution in [1.82, 2.24) is 15.2 Å². The topological polar surface area (TPSA) is 41.6 Å². The maximum atomic E-state index is 4.22. The molecule has 3 heteroatoms. The minimum Gasteiger partial charge on any atom is -0.276 e. The van der Waals surface area contributed by atoms with E-state index in [9.17, 15) is 0 Å². The third-order valence-corrected chi connectivity index (χ3v) is 3.54. The molecule has 88 valence electrons. The zero-order valence-electron chi connectivity index (χ0n) is 9.89. The lowest BCUT2D eigenvalue weighted by Crippen LogP contribution is -2.02. The van der Waals surface area contributed by atoms with Gasteiger partial charge < -0.3 is 0 Å². The van der Waals surface area contributed by atoms with Crippen LogP contribution in [0.15, 0.2) is 24.4 Å². The number of rotatable bonds is 2. The summed E-state index contributed by atoms with van der Waals surface area (Å²) in [6.07, 6.45) is 13.1. The lowest BCUT2D eigenvalue weighted by Gasteiger charge is -2.17. The molecule has 0 atom stereocenters. The van der Waals surface area contributed by atoms with Gasteiger partial charge in [-0.05, 0) is 37.0 Å². The van der Waals surface area contributed by atoms with Gasteiger partial charge in [-0.1, -0.05) is 25.3 Å². The van der Waals surface area contributed by atoms with Crippen LogP contribution in [0.2, 0.25) is 0 Å². The van der Waals surface area contributed by atoms with Crippen molar-refractivity contribution in [3.8, 4) is 0 Å². The van der Waals surface area contributed by atoms with Gasteiger partial charge in [-0.15, -0.1) is 0 Å². The van der Waals surface area contributed by atoms with Gasteiger partial charge in [-0.25, -0.2) is 4.98 Å². The van der Waals surface area contributed by atoms with E-state index in [1.165, 1.54) is 32.1 Å². The van der Waals surface area contributed by atoms with E-state index >= 15 is 0 Å². The fourth-order valence-corrected chi connectivity index (χ4v) is 2.56. The van der Waals surface area contributed by atoms with Crippen molar-refractivity contribution in [3.63, 3.8) is 0 Å². The third-order valence-electron chi connectivity index (χ3n) is 3.54. The smallest absolute Gasteiger partial charge is 0.181 e. The van der Waals surface area contributed by atoms with Crippen LogP contribution >= 0.6 is 0 Å². The first-order valence-corrected chi connectivity index (χ1v) is 6.41. The van der Waals surface area contributed by atoms with E-state index in [0.29, 0.717) is 0 Å². The predicted octanol–water partition coefficient (Wildman–Crippen LogP) is 3.55. The zero-order chi connectivity index (χ0) is 11.5. The van der Waals surface area contributed by atoms with Crippen molar-refractivity contribution in [1.29, 1.82) is 0 Å². The van der Waals surface area contributed by atoms with E-state index in [1.807, 2.05) is 6.07 Å². The summed E-state index contributed by atoms with van der Waals surface area (Å²) in [4.78, 5) is 4.22. The van der Waals surface area contributed by atoms with Gasteiger partial charge in [0, 0.05) is 11.6 Å². The van der Waals surface area contributed by atoms with Crippen LogP contribution in [0.3, 0.4) is 0 Å². The van der Waals surface area contributed by atoms with Crippen LogP contribution < -0.4 is 0 Å². The molecule has 0 amide bonds. The molecule has 0 radical (unpaired) electrons. The van der Waals surface area contributed by atoms with Crippen molar-refractivity contribution in [3.05, 3.63) is 30.1 Å². The van der Waals surface area contributed by atoms with Crippen LogP contribution in [0.1, 0.15) is 37.8 Å². The standard InChI is InChI=1S/C14H17N3/c1-2-5-11(6-3-1)8-9-13-12-7-4-10-15-14(12)17-16-13/h4,7-11H,1-3,5-6H2,(H,15,16,17). The Kier molecular flexibility index (Phi) is 2.90. The molecular formula is C14H17N3. The summed E-state index contributed by atoms with van der Waals surface area (Å²) < 4.78 is 0. The van der Waals surface area contributed by atoms with E-state index in [0.717, 1.165) is 22.6 Å². The zero-order valence-corrected chi connectivity index (χ0v) is 9.89. The number of fused-ring (bicyclic) bond motifs is 1. The minimum atomic E-state index is 0.749. The Labute approximate surface area is 101 Å². The van der Waals surface area contributed by atoms with Crippen LogP contribution in [0.25, 0.3) is 17.1 Å². The van der Waals surface area contributed by atoms with Gasteiger partial charge in [0.15, 0.2) is 5.65 Å². The van der Waals surface area contributed by atoms with Crippen molar-refractivity contribution < 1.29 is 0 Å². The summed E-state index contributed by atoms with van der Waals surface area (Å²) >= 11 is 0. The maximum absolute atomic E-state index is 4.22. The molecule has 2 aromatic heterocycles. The molecule has 3 rings (SSSR count). The first-order valence-electron chi connectivity index (χ1n) is 6.41. The number of nitrogens with one attached hydrogen (secondary N) is 1. The Morgan fingerprint density at radius 2 is 2.12 bits per heavy atom. The number of hydrogen-bond donors (Lipinski definition) is 1. The molecule has 3 nitrogen and oxygen atoms in total. The van der Waals surface area contributed by atoms with E-state index in [4.69, 9.17) is 0 Å². The first kappa shape index (κ1) is 10.5. The van der Waals surface area contributed by atoms with Crippen LogP contribution in [-0.2, 0) is 0 Å². The number of aromatic amines is 1. The molecule has 0 saturated heterocycles. The molecule has 2 heterocycles. The van der Waals surface area contributed by atoms with Gasteiger partial charge in [0.2, 0.25) is 0 Å². The summed E-state index contributed by atoms with van der Waals surface area (Å²) in [6.45, 7) is 0. The SMILES string of the molecule is C(=CC1CCCCC1)c1[nH]nc2ncccc12. The van der Waals surface area contributed by atoms with Gasteiger partial charge >= 0.3 is 0 Å². The number of pyridine rings is 1. The van der Waals surface area contributed by atoms with Gasteiger partial charge in [0.1, 0.15) is 0 Å². The summed E-state index contributed by atoms with van der Waals surface area (Å²) in [5.41, 5.74) is 1.88. The first-order chi connectivity index (χ1) is 8.43. The number of aromatic nitrogens is 3. The number of hydrogen-bond acceptors (Lipinski definition) is 2. The summed E-state index contributed by atoms with van der Waals surface area (Å²) in [5, 5.41) is 8.36. The van der Waals surface area contributed by atoms with Gasteiger partial charge in [-0.2, -0.15) is 5.10 Å². The molecule has 2 aromatic rings. The van der Waals surface area contributed by atoms with Crippen molar-refractivity contribution in [2.75, 3.05) is 0 Å². The molecule has 1 fully saturated rings. The van der Waals surface area contributed by atoms with Crippen LogP contribution in [0.5, 0.6) is 0 Å². The molecule has 0 aliphatic heterocycles. The second-order valence-corrected chi connectivity index (χ2v) is 4.77. The molecule has 1 N–H and O–H groups in total. The van der Waals surface area contributed by atoms with Crippen molar-refractivity contribution in [2.24, 2.45) is 5.92 Å². The summed E-state index contributed by atoms with van der Waals surface area (Å²) in [7, 11) is 0. The molecule has 0 bridgehead atoms. The molecule has 1 aliphatic rings. The van der Waals surface area contributed by atoms with Crippen molar-refractivity contribution >= 4 is 17.1 Å². The molecule has 17 heavy (non-hydrogen) atoms. The Bertz CT molecular complexity index is 521. The highest BCUT2D eigenvalue weighted by Gasteiger charge is 2.10. The highest BCUT2D eigenvalue weighted by molar-refractivity contribution is 5.83.